The van der Waals surface area contributed by atoms with E-state index in [1.54, 1.807) is 0 Å². The monoisotopic (exact) mass is 481 g/mol. The lowest BCUT2D eigenvalue weighted by molar-refractivity contribution is 1.48. The first-order valence-electron chi connectivity index (χ1n) is 4.73. The second kappa shape index (κ2) is 5.87. The van der Waals surface area contributed by atoms with Gasteiger partial charge in [0.2, 0.25) is 0 Å². The van der Waals surface area contributed by atoms with Gasteiger partial charge in [0.15, 0.2) is 0 Å². The summed E-state index contributed by atoms with van der Waals surface area (Å²) in [5.74, 6) is 0. The molecule has 0 saturated heterocycles. The molecular weight excluding hydrogens is 478 g/mol. The maximum absolute atomic E-state index is 3.52. The normalized spacial score (nSPS) is 10.4. The Morgan fingerprint density at radius 3 is 1.47 bits per heavy atom. The molecule has 88 valence electrons. The maximum atomic E-state index is 3.52. The predicted octanol–water partition coefficient (Wildman–Crippen LogP) is 6.48. The summed E-state index contributed by atoms with van der Waals surface area (Å²) >= 11 is 14.0. The summed E-state index contributed by atoms with van der Waals surface area (Å²) in [6, 6.07) is 12.0. The molecule has 17 heavy (non-hydrogen) atoms. The molecule has 0 aliphatic rings. The Bertz CT molecular complexity index is 505. The molecule has 0 unspecified atom stereocenters. The zero-order valence-corrected chi connectivity index (χ0v) is 14.8. The molecule has 0 aliphatic heterocycles. The summed E-state index contributed by atoms with van der Waals surface area (Å²) in [5.41, 5.74) is 2.02. The highest BCUT2D eigenvalue weighted by molar-refractivity contribution is 9.11. The molecule has 0 atom stereocenters. The van der Waals surface area contributed by atoms with Gasteiger partial charge in [-0.3, -0.25) is 0 Å². The van der Waals surface area contributed by atoms with Crippen molar-refractivity contribution in [3.05, 3.63) is 54.3 Å². The van der Waals surface area contributed by atoms with E-state index in [4.69, 9.17) is 0 Å². The van der Waals surface area contributed by atoms with Crippen LogP contribution in [-0.2, 0) is 0 Å². The summed E-state index contributed by atoms with van der Waals surface area (Å²) in [6.45, 7) is 0. The van der Waals surface area contributed by atoms with Crippen molar-refractivity contribution < 1.29 is 0 Å². The Morgan fingerprint density at radius 1 is 0.647 bits per heavy atom. The quantitative estimate of drug-likeness (QED) is 0.514. The first kappa shape index (κ1) is 13.6. The second-order valence-corrected chi connectivity index (χ2v) is 6.91. The minimum atomic E-state index is 1.01. The highest BCUT2D eigenvalue weighted by Crippen LogP contribution is 2.33. The van der Waals surface area contributed by atoms with Gasteiger partial charge < -0.3 is 5.32 Å². The van der Waals surface area contributed by atoms with Crippen LogP contribution >= 0.6 is 63.7 Å². The van der Waals surface area contributed by atoms with Crippen LogP contribution in [-0.4, -0.2) is 0 Å². The van der Waals surface area contributed by atoms with Gasteiger partial charge >= 0.3 is 0 Å². The fourth-order valence-corrected chi connectivity index (χ4v) is 2.75. The summed E-state index contributed by atoms with van der Waals surface area (Å²) in [7, 11) is 0. The zero-order chi connectivity index (χ0) is 12.4. The Balaban J connectivity index is 2.37. The number of rotatable bonds is 2. The first-order valence-corrected chi connectivity index (χ1v) is 7.90. The van der Waals surface area contributed by atoms with Crippen LogP contribution in [0.4, 0.5) is 11.4 Å². The lowest BCUT2D eigenvalue weighted by Crippen LogP contribution is -1.92. The van der Waals surface area contributed by atoms with Crippen LogP contribution in [0.25, 0.3) is 0 Å². The van der Waals surface area contributed by atoms with E-state index in [0.717, 1.165) is 29.3 Å². The summed E-state index contributed by atoms with van der Waals surface area (Å²) in [4.78, 5) is 0. The minimum absolute atomic E-state index is 1.01. The molecule has 0 aliphatic carbocycles. The number of halogens is 4. The number of anilines is 2. The van der Waals surface area contributed by atoms with Gasteiger partial charge in [-0.05, 0) is 68.3 Å². The van der Waals surface area contributed by atoms with Crippen molar-refractivity contribution in [2.45, 2.75) is 0 Å². The first-order chi connectivity index (χ1) is 8.06. The Kier molecular flexibility index (Phi) is 4.69. The summed E-state index contributed by atoms with van der Waals surface area (Å²) in [6.07, 6.45) is 0. The third-order valence-electron chi connectivity index (χ3n) is 2.13. The number of nitrogens with one attached hydrogen (secondary N) is 1. The molecule has 0 fully saturated rings. The third kappa shape index (κ3) is 3.56. The number of hydrogen-bond acceptors (Lipinski definition) is 1. The molecule has 5 heteroatoms. The lowest BCUT2D eigenvalue weighted by atomic mass is 10.3. The molecule has 0 amide bonds. The van der Waals surface area contributed by atoms with E-state index in [0.29, 0.717) is 0 Å². The van der Waals surface area contributed by atoms with E-state index in [1.807, 2.05) is 36.4 Å². The smallest absolute Gasteiger partial charge is 0.0540 e. The maximum Gasteiger partial charge on any atom is 0.0540 e. The molecule has 0 bridgehead atoms. The molecule has 2 aromatic carbocycles. The molecule has 0 radical (unpaired) electrons. The average Bonchev–Trinajstić information content (AvgIpc) is 2.28. The van der Waals surface area contributed by atoms with Crippen molar-refractivity contribution in [1.82, 2.24) is 0 Å². The van der Waals surface area contributed by atoms with Crippen LogP contribution in [0.15, 0.2) is 54.3 Å². The summed E-state index contributed by atoms with van der Waals surface area (Å²) < 4.78 is 4.11. The Hall–Kier alpha value is 0.160. The molecule has 2 aromatic rings. The number of hydrogen-bond donors (Lipinski definition) is 1. The standard InChI is InChI=1S/C12H7Br4N/c13-7-1-3-9(15)11(5-7)17-12-6-8(14)2-4-10(12)16/h1-6,17H. The molecular formula is C12H7Br4N. The van der Waals surface area contributed by atoms with Crippen LogP contribution < -0.4 is 5.32 Å². The van der Waals surface area contributed by atoms with Gasteiger partial charge in [-0.25, -0.2) is 0 Å². The molecule has 1 nitrogen and oxygen atoms in total. The van der Waals surface area contributed by atoms with E-state index in [1.165, 1.54) is 0 Å². The van der Waals surface area contributed by atoms with Crippen molar-refractivity contribution in [2.75, 3.05) is 5.32 Å². The highest BCUT2D eigenvalue weighted by atomic mass is 79.9. The van der Waals surface area contributed by atoms with Gasteiger partial charge in [0, 0.05) is 17.9 Å². The Labute approximate surface area is 134 Å². The van der Waals surface area contributed by atoms with Crippen molar-refractivity contribution in [2.24, 2.45) is 0 Å². The van der Waals surface area contributed by atoms with Gasteiger partial charge in [0.05, 0.1) is 11.4 Å². The van der Waals surface area contributed by atoms with E-state index in [9.17, 15) is 0 Å². The van der Waals surface area contributed by atoms with Gasteiger partial charge in [0.25, 0.3) is 0 Å². The fraction of sp³-hybridized carbons (Fsp3) is 0. The lowest BCUT2D eigenvalue weighted by Gasteiger charge is -2.11. The highest BCUT2D eigenvalue weighted by Gasteiger charge is 2.04. The second-order valence-electron chi connectivity index (χ2n) is 3.37. The largest absolute Gasteiger partial charge is 0.354 e. The van der Waals surface area contributed by atoms with Gasteiger partial charge in [0.1, 0.15) is 0 Å². The molecule has 0 spiro atoms. The van der Waals surface area contributed by atoms with Crippen LogP contribution in [0, 0.1) is 0 Å². The molecule has 0 heterocycles. The van der Waals surface area contributed by atoms with Crippen molar-refractivity contribution in [3.63, 3.8) is 0 Å². The van der Waals surface area contributed by atoms with Crippen LogP contribution in [0.5, 0.6) is 0 Å². The SMILES string of the molecule is Brc1ccc(Br)c(Nc2cc(Br)ccc2Br)c1. The van der Waals surface area contributed by atoms with E-state index >= 15 is 0 Å². The van der Waals surface area contributed by atoms with Crippen LogP contribution in [0.1, 0.15) is 0 Å². The van der Waals surface area contributed by atoms with Crippen molar-refractivity contribution in [1.29, 1.82) is 0 Å². The van der Waals surface area contributed by atoms with Gasteiger partial charge in [-0.1, -0.05) is 31.9 Å². The third-order valence-corrected chi connectivity index (χ3v) is 4.50. The minimum Gasteiger partial charge on any atom is -0.354 e. The zero-order valence-electron chi connectivity index (χ0n) is 8.48. The molecule has 2 rings (SSSR count). The van der Waals surface area contributed by atoms with Crippen molar-refractivity contribution in [3.8, 4) is 0 Å². The average molecular weight is 485 g/mol. The molecule has 1 N–H and O–H groups in total. The number of benzene rings is 2. The van der Waals surface area contributed by atoms with Gasteiger partial charge in [-0.15, -0.1) is 0 Å². The predicted molar refractivity (Wildman–Crippen MR) is 87.0 cm³/mol. The Morgan fingerprint density at radius 2 is 1.06 bits per heavy atom. The van der Waals surface area contributed by atoms with Crippen molar-refractivity contribution >= 4 is 75.1 Å². The molecule has 0 aromatic heterocycles. The van der Waals surface area contributed by atoms with E-state index in [-0.39, 0.29) is 0 Å². The van der Waals surface area contributed by atoms with Gasteiger partial charge in [-0.2, -0.15) is 0 Å². The fourth-order valence-electron chi connectivity index (χ4n) is 1.33. The molecule has 0 saturated carbocycles. The van der Waals surface area contributed by atoms with E-state index in [2.05, 4.69) is 69.0 Å². The van der Waals surface area contributed by atoms with Crippen LogP contribution in [0.2, 0.25) is 0 Å². The summed E-state index contributed by atoms with van der Waals surface area (Å²) in [5, 5.41) is 3.37. The topological polar surface area (TPSA) is 12.0 Å². The van der Waals surface area contributed by atoms with E-state index < -0.39 is 0 Å². The van der Waals surface area contributed by atoms with Crippen LogP contribution in [0.3, 0.4) is 0 Å².